The van der Waals surface area contributed by atoms with Crippen LogP contribution in [0.5, 0.6) is 0 Å². The van der Waals surface area contributed by atoms with Gasteiger partial charge in [-0.25, -0.2) is 0 Å². The van der Waals surface area contributed by atoms with Crippen LogP contribution in [0, 0.1) is 13.8 Å². The third-order valence-corrected chi connectivity index (χ3v) is 3.85. The van der Waals surface area contributed by atoms with Gasteiger partial charge in [0.1, 0.15) is 0 Å². The molecule has 0 fully saturated rings. The van der Waals surface area contributed by atoms with E-state index in [1.54, 1.807) is 0 Å². The van der Waals surface area contributed by atoms with Crippen molar-refractivity contribution in [1.29, 1.82) is 0 Å². The number of hydrogen-bond donors (Lipinski definition) is 0. The van der Waals surface area contributed by atoms with Crippen molar-refractivity contribution in [3.05, 3.63) is 41.0 Å². The van der Waals surface area contributed by atoms with Gasteiger partial charge in [0, 0.05) is 36.1 Å². The zero-order valence-electron chi connectivity index (χ0n) is 11.5. The maximum Gasteiger partial charge on any atom is 0.164 e. The van der Waals surface area contributed by atoms with E-state index in [0.29, 0.717) is 12.2 Å². The van der Waals surface area contributed by atoms with Gasteiger partial charge >= 0.3 is 0 Å². The van der Waals surface area contributed by atoms with E-state index in [9.17, 15) is 4.79 Å². The topological polar surface area (TPSA) is 39.8 Å². The lowest BCUT2D eigenvalue weighted by Gasteiger charge is -2.16. The first-order valence-electron chi connectivity index (χ1n) is 6.86. The molecule has 1 aliphatic carbocycles. The Balaban J connectivity index is 1.83. The molecule has 0 saturated heterocycles. The molecule has 0 aliphatic heterocycles. The van der Waals surface area contributed by atoms with Gasteiger partial charge in [-0.1, -0.05) is 0 Å². The van der Waals surface area contributed by atoms with Gasteiger partial charge in [0.05, 0.1) is 12.7 Å². The van der Waals surface area contributed by atoms with Crippen molar-refractivity contribution in [3.8, 4) is 0 Å². The first-order valence-corrected chi connectivity index (χ1v) is 6.86. The van der Waals surface area contributed by atoms with E-state index in [-0.39, 0.29) is 0 Å². The zero-order valence-corrected chi connectivity index (χ0v) is 11.5. The predicted molar refractivity (Wildman–Crippen MR) is 73.4 cm³/mol. The van der Waals surface area contributed by atoms with Crippen molar-refractivity contribution >= 4 is 5.78 Å². The summed E-state index contributed by atoms with van der Waals surface area (Å²) in [5, 5.41) is 4.31. The summed E-state index contributed by atoms with van der Waals surface area (Å²) in [6, 6.07) is 2.05. The molecule has 0 atom stereocenters. The second-order valence-electron chi connectivity index (χ2n) is 5.36. The lowest BCUT2D eigenvalue weighted by molar-refractivity contribution is 0.0971. The van der Waals surface area contributed by atoms with Crippen molar-refractivity contribution in [2.45, 2.75) is 46.2 Å². The van der Waals surface area contributed by atoms with Crippen molar-refractivity contribution in [1.82, 2.24) is 14.3 Å². The summed E-state index contributed by atoms with van der Waals surface area (Å²) < 4.78 is 4.25. The van der Waals surface area contributed by atoms with Gasteiger partial charge in [0.15, 0.2) is 5.78 Å². The summed E-state index contributed by atoms with van der Waals surface area (Å²) in [5.74, 6) is 0.304. The smallest absolute Gasteiger partial charge is 0.164 e. The SMILES string of the molecule is Cc1cnn(CCn2c(C)cc3c2CCCC3=O)c1. The molecular formula is C15H19N3O. The molecule has 0 spiro atoms. The van der Waals surface area contributed by atoms with E-state index in [0.717, 1.165) is 31.5 Å². The quantitative estimate of drug-likeness (QED) is 0.847. The Bertz CT molecular complexity index is 621. The van der Waals surface area contributed by atoms with Crippen LogP contribution in [-0.2, 0) is 19.5 Å². The zero-order chi connectivity index (χ0) is 13.4. The Morgan fingerprint density at radius 2 is 2.11 bits per heavy atom. The van der Waals surface area contributed by atoms with Crippen LogP contribution in [-0.4, -0.2) is 20.1 Å². The molecule has 0 N–H and O–H groups in total. The molecule has 3 rings (SSSR count). The Morgan fingerprint density at radius 1 is 1.26 bits per heavy atom. The number of aryl methyl sites for hydroxylation is 3. The number of hydrogen-bond acceptors (Lipinski definition) is 2. The molecule has 2 aromatic rings. The van der Waals surface area contributed by atoms with Crippen molar-refractivity contribution in [2.24, 2.45) is 0 Å². The highest BCUT2D eigenvalue weighted by Gasteiger charge is 2.22. The maximum atomic E-state index is 11.9. The minimum atomic E-state index is 0.304. The first kappa shape index (κ1) is 12.2. The largest absolute Gasteiger partial charge is 0.346 e. The second kappa shape index (κ2) is 4.68. The summed E-state index contributed by atoms with van der Waals surface area (Å²) in [7, 11) is 0. The fourth-order valence-corrected chi connectivity index (χ4v) is 2.89. The van der Waals surface area contributed by atoms with Gasteiger partial charge in [-0.15, -0.1) is 0 Å². The molecule has 0 aromatic carbocycles. The van der Waals surface area contributed by atoms with Crippen LogP contribution in [0.3, 0.4) is 0 Å². The van der Waals surface area contributed by atoms with Gasteiger partial charge in [0.2, 0.25) is 0 Å². The lowest BCUT2D eigenvalue weighted by Crippen LogP contribution is -2.16. The summed E-state index contributed by atoms with van der Waals surface area (Å²) in [5.41, 5.74) is 4.53. The Labute approximate surface area is 113 Å². The first-order chi connectivity index (χ1) is 9.15. The minimum Gasteiger partial charge on any atom is -0.346 e. The molecule has 0 radical (unpaired) electrons. The van der Waals surface area contributed by atoms with E-state index in [4.69, 9.17) is 0 Å². The van der Waals surface area contributed by atoms with Crippen LogP contribution < -0.4 is 0 Å². The van der Waals surface area contributed by atoms with E-state index in [1.807, 2.05) is 23.9 Å². The van der Waals surface area contributed by atoms with Crippen LogP contribution in [0.4, 0.5) is 0 Å². The molecule has 2 heterocycles. The number of rotatable bonds is 3. The number of fused-ring (bicyclic) bond motifs is 1. The van der Waals surface area contributed by atoms with E-state index < -0.39 is 0 Å². The van der Waals surface area contributed by atoms with E-state index in [1.165, 1.54) is 17.0 Å². The lowest BCUT2D eigenvalue weighted by atomic mass is 9.97. The van der Waals surface area contributed by atoms with Crippen LogP contribution in [0.2, 0.25) is 0 Å². The average Bonchev–Trinajstić information content (AvgIpc) is 2.92. The van der Waals surface area contributed by atoms with E-state index >= 15 is 0 Å². The van der Waals surface area contributed by atoms with Gasteiger partial charge < -0.3 is 4.57 Å². The number of carbonyl (C=O) groups is 1. The van der Waals surface area contributed by atoms with Crippen LogP contribution >= 0.6 is 0 Å². The summed E-state index contributed by atoms with van der Waals surface area (Å²) in [6.07, 6.45) is 6.63. The fourth-order valence-electron chi connectivity index (χ4n) is 2.89. The third kappa shape index (κ3) is 2.23. The molecule has 100 valence electrons. The molecule has 19 heavy (non-hydrogen) atoms. The highest BCUT2D eigenvalue weighted by Crippen LogP contribution is 2.25. The van der Waals surface area contributed by atoms with Crippen LogP contribution in [0.25, 0.3) is 0 Å². The summed E-state index contributed by atoms with van der Waals surface area (Å²) >= 11 is 0. The number of aromatic nitrogens is 3. The maximum absolute atomic E-state index is 11.9. The van der Waals surface area contributed by atoms with Crippen molar-refractivity contribution in [3.63, 3.8) is 0 Å². The molecule has 4 heteroatoms. The Hall–Kier alpha value is -1.84. The van der Waals surface area contributed by atoms with E-state index in [2.05, 4.69) is 22.8 Å². The highest BCUT2D eigenvalue weighted by atomic mass is 16.1. The van der Waals surface area contributed by atoms with Gasteiger partial charge in [-0.05, 0) is 38.3 Å². The highest BCUT2D eigenvalue weighted by molar-refractivity contribution is 5.98. The molecule has 0 amide bonds. The van der Waals surface area contributed by atoms with Crippen molar-refractivity contribution < 1.29 is 4.79 Å². The molecule has 0 unspecified atom stereocenters. The molecular weight excluding hydrogens is 238 g/mol. The standard InChI is InChI=1S/C15H19N3O/c1-11-9-16-17(10-11)6-7-18-12(2)8-13-14(18)4-3-5-15(13)19/h8-10H,3-7H2,1-2H3. The average molecular weight is 257 g/mol. The molecule has 1 aliphatic rings. The number of carbonyl (C=O) groups excluding carboxylic acids is 1. The number of ketones is 1. The fraction of sp³-hybridized carbons (Fsp3) is 0.467. The molecule has 0 bridgehead atoms. The molecule has 4 nitrogen and oxygen atoms in total. The minimum absolute atomic E-state index is 0.304. The van der Waals surface area contributed by atoms with Gasteiger partial charge in [-0.3, -0.25) is 9.48 Å². The van der Waals surface area contributed by atoms with Crippen molar-refractivity contribution in [2.75, 3.05) is 0 Å². The second-order valence-corrected chi connectivity index (χ2v) is 5.36. The Kier molecular flexibility index (Phi) is 3.01. The number of nitrogens with zero attached hydrogens (tertiary/aromatic N) is 3. The normalized spacial score (nSPS) is 14.7. The Morgan fingerprint density at radius 3 is 2.84 bits per heavy atom. The van der Waals surface area contributed by atoms with Crippen LogP contribution in [0.1, 0.15) is 40.2 Å². The van der Waals surface area contributed by atoms with Gasteiger partial charge in [-0.2, -0.15) is 5.10 Å². The molecule has 2 aromatic heterocycles. The monoisotopic (exact) mass is 257 g/mol. The molecule has 0 saturated carbocycles. The summed E-state index contributed by atoms with van der Waals surface area (Å²) in [6.45, 7) is 5.87. The van der Waals surface area contributed by atoms with Gasteiger partial charge in [0.25, 0.3) is 0 Å². The summed E-state index contributed by atoms with van der Waals surface area (Å²) in [4.78, 5) is 11.9. The van der Waals surface area contributed by atoms with Crippen LogP contribution in [0.15, 0.2) is 18.5 Å². The third-order valence-electron chi connectivity index (χ3n) is 3.85. The predicted octanol–water partition coefficient (Wildman–Crippen LogP) is 2.52. The number of Topliss-reactive ketones (excluding diaryl/α,β-unsaturated/α-hetero) is 1.